The number of aliphatic imine (C=N–C) groups is 1. The number of piperidine rings is 1. The summed E-state index contributed by atoms with van der Waals surface area (Å²) in [5.41, 5.74) is 0.00833. The molecule has 0 aliphatic carbocycles. The van der Waals surface area contributed by atoms with Gasteiger partial charge in [0.2, 0.25) is 0 Å². The largest absolute Gasteiger partial charge is 0.376 e. The third kappa shape index (κ3) is 7.58. The second-order valence-corrected chi connectivity index (χ2v) is 10.2. The van der Waals surface area contributed by atoms with Crippen molar-refractivity contribution in [3.8, 4) is 0 Å². The quantitative estimate of drug-likeness (QED) is 0.487. The number of morpholine rings is 1. The van der Waals surface area contributed by atoms with Gasteiger partial charge in [-0.05, 0) is 66.7 Å². The molecular weight excluding hydrogens is 392 g/mol. The highest BCUT2D eigenvalue weighted by Crippen LogP contribution is 2.22. The summed E-state index contributed by atoms with van der Waals surface area (Å²) in [6.07, 6.45) is 6.92. The van der Waals surface area contributed by atoms with Gasteiger partial charge in [0.1, 0.15) is 0 Å². The molecule has 3 aliphatic rings. The maximum atomic E-state index is 6.19. The lowest BCUT2D eigenvalue weighted by molar-refractivity contribution is -0.0939. The second kappa shape index (κ2) is 11.8. The molecule has 0 aromatic carbocycles. The summed E-state index contributed by atoms with van der Waals surface area (Å²) >= 11 is 0. The van der Waals surface area contributed by atoms with Crippen LogP contribution < -0.4 is 5.32 Å². The average Bonchev–Trinajstić information content (AvgIpc) is 2.76. The summed E-state index contributed by atoms with van der Waals surface area (Å²) < 4.78 is 17.9. The fraction of sp³-hybridized carbons (Fsp3) is 0.958. The fourth-order valence-electron chi connectivity index (χ4n) is 4.88. The summed E-state index contributed by atoms with van der Waals surface area (Å²) in [6, 6.07) is 0. The van der Waals surface area contributed by atoms with Gasteiger partial charge in [-0.3, -0.25) is 9.89 Å². The molecule has 3 fully saturated rings. The molecule has 0 aromatic rings. The Morgan fingerprint density at radius 3 is 2.42 bits per heavy atom. The van der Waals surface area contributed by atoms with E-state index in [2.05, 4.69) is 49.7 Å². The lowest BCUT2D eigenvalue weighted by Crippen LogP contribution is -2.56. The summed E-state index contributed by atoms with van der Waals surface area (Å²) in [5, 5.41) is 3.52. The van der Waals surface area contributed by atoms with Crippen LogP contribution in [0.2, 0.25) is 0 Å². The van der Waals surface area contributed by atoms with E-state index >= 15 is 0 Å². The molecule has 0 spiro atoms. The lowest BCUT2D eigenvalue weighted by atomic mass is 10.0. The topological polar surface area (TPSA) is 58.6 Å². The highest BCUT2D eigenvalue weighted by molar-refractivity contribution is 5.80. The molecule has 3 heterocycles. The van der Waals surface area contributed by atoms with Gasteiger partial charge in [0.25, 0.3) is 0 Å². The van der Waals surface area contributed by atoms with Crippen molar-refractivity contribution in [3.63, 3.8) is 0 Å². The van der Waals surface area contributed by atoms with Crippen LogP contribution in [0.5, 0.6) is 0 Å². The number of rotatable bonds is 7. The molecule has 31 heavy (non-hydrogen) atoms. The Bertz CT molecular complexity index is 547. The van der Waals surface area contributed by atoms with Crippen LogP contribution in [0.15, 0.2) is 4.99 Å². The van der Waals surface area contributed by atoms with Crippen molar-refractivity contribution in [2.24, 2.45) is 4.99 Å². The lowest BCUT2D eigenvalue weighted by Gasteiger charge is -2.44. The molecule has 3 unspecified atom stereocenters. The molecule has 7 nitrogen and oxygen atoms in total. The van der Waals surface area contributed by atoms with E-state index in [1.165, 1.54) is 12.8 Å². The Kier molecular flexibility index (Phi) is 9.44. The van der Waals surface area contributed by atoms with Crippen LogP contribution in [-0.4, -0.2) is 98.2 Å². The number of nitrogens with zero attached hydrogens (tertiary/aromatic N) is 3. The Hall–Kier alpha value is -0.890. The van der Waals surface area contributed by atoms with Crippen molar-refractivity contribution in [2.45, 2.75) is 96.7 Å². The zero-order valence-corrected chi connectivity index (χ0v) is 20.6. The molecule has 180 valence electrons. The van der Waals surface area contributed by atoms with Crippen LogP contribution in [0, 0.1) is 0 Å². The summed E-state index contributed by atoms with van der Waals surface area (Å²) in [5.74, 6) is 1.04. The first kappa shape index (κ1) is 24.7. The maximum absolute atomic E-state index is 6.19. The van der Waals surface area contributed by atoms with E-state index in [4.69, 9.17) is 19.2 Å². The molecule has 3 saturated heterocycles. The van der Waals surface area contributed by atoms with Crippen LogP contribution in [0.1, 0.15) is 66.7 Å². The highest BCUT2D eigenvalue weighted by Gasteiger charge is 2.33. The average molecular weight is 439 g/mol. The molecule has 0 aromatic heterocycles. The smallest absolute Gasteiger partial charge is 0.193 e. The van der Waals surface area contributed by atoms with E-state index in [1.54, 1.807) is 0 Å². The molecule has 3 aliphatic heterocycles. The number of hydrogen-bond acceptors (Lipinski definition) is 5. The van der Waals surface area contributed by atoms with Crippen molar-refractivity contribution in [1.82, 2.24) is 15.1 Å². The summed E-state index contributed by atoms with van der Waals surface area (Å²) in [6.45, 7) is 18.3. The minimum atomic E-state index is 0.00833. The van der Waals surface area contributed by atoms with Gasteiger partial charge in [-0.25, -0.2) is 0 Å². The number of hydrogen-bond donors (Lipinski definition) is 1. The molecule has 0 bridgehead atoms. The van der Waals surface area contributed by atoms with Gasteiger partial charge >= 0.3 is 0 Å². The van der Waals surface area contributed by atoms with Crippen molar-refractivity contribution in [2.75, 3.05) is 52.5 Å². The first-order chi connectivity index (χ1) is 14.9. The van der Waals surface area contributed by atoms with Gasteiger partial charge in [-0.15, -0.1) is 0 Å². The van der Waals surface area contributed by atoms with Crippen LogP contribution in [-0.2, 0) is 14.2 Å². The van der Waals surface area contributed by atoms with E-state index in [0.717, 1.165) is 77.7 Å². The Labute approximate surface area is 189 Å². The van der Waals surface area contributed by atoms with Gasteiger partial charge in [0, 0.05) is 44.9 Å². The van der Waals surface area contributed by atoms with Crippen molar-refractivity contribution in [3.05, 3.63) is 0 Å². The van der Waals surface area contributed by atoms with Crippen LogP contribution in [0.4, 0.5) is 0 Å². The Morgan fingerprint density at radius 1 is 1.10 bits per heavy atom. The molecule has 0 saturated carbocycles. The fourth-order valence-corrected chi connectivity index (χ4v) is 4.88. The Balaban J connectivity index is 1.48. The predicted molar refractivity (Wildman–Crippen MR) is 126 cm³/mol. The molecule has 1 N–H and O–H groups in total. The molecule has 3 atom stereocenters. The third-order valence-corrected chi connectivity index (χ3v) is 6.76. The van der Waals surface area contributed by atoms with Crippen molar-refractivity contribution < 1.29 is 14.2 Å². The van der Waals surface area contributed by atoms with Gasteiger partial charge in [-0.2, -0.15) is 0 Å². The van der Waals surface area contributed by atoms with E-state index in [-0.39, 0.29) is 17.7 Å². The minimum absolute atomic E-state index is 0.00833. The number of likely N-dealkylation sites (tertiary alicyclic amines) is 1. The maximum Gasteiger partial charge on any atom is 0.193 e. The molecule has 3 rings (SSSR count). The van der Waals surface area contributed by atoms with Crippen LogP contribution in [0.25, 0.3) is 0 Å². The van der Waals surface area contributed by atoms with Gasteiger partial charge in [0.05, 0.1) is 37.6 Å². The van der Waals surface area contributed by atoms with Gasteiger partial charge in [0.15, 0.2) is 5.96 Å². The van der Waals surface area contributed by atoms with E-state index in [9.17, 15) is 0 Å². The first-order valence-electron chi connectivity index (χ1n) is 12.5. The SMILES string of the molecule is CCNC(=NCC(C)(C)N1CC(C)OC(C)C1)N1CCC(OCC2CCCCO2)CC1. The van der Waals surface area contributed by atoms with Gasteiger partial charge < -0.3 is 24.4 Å². The molecule has 0 amide bonds. The minimum Gasteiger partial charge on any atom is -0.376 e. The number of guanidine groups is 1. The van der Waals surface area contributed by atoms with Crippen molar-refractivity contribution >= 4 is 5.96 Å². The zero-order chi connectivity index (χ0) is 22.3. The zero-order valence-electron chi connectivity index (χ0n) is 20.6. The van der Waals surface area contributed by atoms with E-state index in [0.29, 0.717) is 12.2 Å². The molecule has 0 radical (unpaired) electrons. The monoisotopic (exact) mass is 438 g/mol. The first-order valence-corrected chi connectivity index (χ1v) is 12.5. The van der Waals surface area contributed by atoms with Crippen LogP contribution in [0.3, 0.4) is 0 Å². The summed E-state index contributed by atoms with van der Waals surface area (Å²) in [4.78, 5) is 10.0. The highest BCUT2D eigenvalue weighted by atomic mass is 16.5. The molecule has 7 heteroatoms. The Morgan fingerprint density at radius 2 is 1.81 bits per heavy atom. The molecular formula is C24H46N4O3. The third-order valence-electron chi connectivity index (χ3n) is 6.76. The number of nitrogens with one attached hydrogen (secondary N) is 1. The van der Waals surface area contributed by atoms with E-state index < -0.39 is 0 Å². The number of ether oxygens (including phenoxy) is 3. The summed E-state index contributed by atoms with van der Waals surface area (Å²) in [7, 11) is 0. The van der Waals surface area contributed by atoms with Crippen molar-refractivity contribution in [1.29, 1.82) is 0 Å². The second-order valence-electron chi connectivity index (χ2n) is 10.2. The normalized spacial score (nSPS) is 29.9. The van der Waals surface area contributed by atoms with E-state index in [1.807, 2.05) is 0 Å². The predicted octanol–water partition coefficient (Wildman–Crippen LogP) is 2.89. The van der Waals surface area contributed by atoms with Gasteiger partial charge in [-0.1, -0.05) is 0 Å². The standard InChI is InChI=1S/C24H46N4O3/c1-6-25-23(26-18-24(4,5)28-15-19(2)31-20(3)16-28)27-12-10-21(11-13-27)30-17-22-9-7-8-14-29-22/h19-22H,6-18H2,1-5H3,(H,25,26). The van der Waals surface area contributed by atoms with Crippen LogP contribution >= 0.6 is 0 Å².